The van der Waals surface area contributed by atoms with Gasteiger partial charge >= 0.3 is 0 Å². The van der Waals surface area contributed by atoms with Crippen molar-refractivity contribution in [3.8, 4) is 0 Å². The van der Waals surface area contributed by atoms with Gasteiger partial charge in [0.05, 0.1) is 0 Å². The van der Waals surface area contributed by atoms with E-state index in [-0.39, 0.29) is 11.8 Å². The Kier molecular flexibility index (Phi) is 5.70. The minimum absolute atomic E-state index is 0.140. The van der Waals surface area contributed by atoms with Crippen molar-refractivity contribution in [1.82, 2.24) is 15.3 Å². The molecule has 116 valence electrons. The highest BCUT2D eigenvalue weighted by molar-refractivity contribution is 5.80. The maximum atomic E-state index is 11.5. The molecule has 0 radical (unpaired) electrons. The number of rotatable bonds is 9. The predicted molar refractivity (Wildman–Crippen MR) is 79.4 cm³/mol. The molecule has 1 aromatic rings. The van der Waals surface area contributed by atoms with Gasteiger partial charge in [0.25, 0.3) is 0 Å². The number of anilines is 2. The number of nitrogens with zero attached hydrogens (tertiary/aromatic N) is 2. The summed E-state index contributed by atoms with van der Waals surface area (Å²) >= 11 is 0. The van der Waals surface area contributed by atoms with Crippen molar-refractivity contribution >= 4 is 17.5 Å². The number of carbonyl (C=O) groups excluding carboxylic acids is 1. The Morgan fingerprint density at radius 3 is 2.81 bits per heavy atom. The number of hydrogen-bond donors (Lipinski definition) is 4. The first-order chi connectivity index (χ1) is 10.2. The minimum atomic E-state index is 0.140. The molecule has 1 aromatic heterocycles. The molecule has 0 atom stereocenters. The normalized spacial score (nSPS) is 13.8. The second-order valence-corrected chi connectivity index (χ2v) is 4.83. The Hall–Kier alpha value is -1.93. The van der Waals surface area contributed by atoms with Crippen LogP contribution in [-0.4, -0.2) is 35.6 Å². The molecule has 8 heteroatoms. The Bertz CT molecular complexity index is 478. The van der Waals surface area contributed by atoms with E-state index < -0.39 is 0 Å². The quantitative estimate of drug-likeness (QED) is 0.293. The maximum Gasteiger partial charge on any atom is 0.223 e. The zero-order valence-corrected chi connectivity index (χ0v) is 12.2. The predicted octanol–water partition coefficient (Wildman–Crippen LogP) is 0.237. The number of hydrazine groups is 1. The lowest BCUT2D eigenvalue weighted by atomic mass is 10.4. The van der Waals surface area contributed by atoms with Crippen LogP contribution in [0.2, 0.25) is 0 Å². The second-order valence-electron chi connectivity index (χ2n) is 4.83. The second kappa shape index (κ2) is 7.75. The number of nitrogens with two attached hydrogens (primary N) is 1. The van der Waals surface area contributed by atoms with Crippen molar-refractivity contribution in [2.45, 2.75) is 26.4 Å². The molecule has 0 aromatic carbocycles. The fourth-order valence-electron chi connectivity index (χ4n) is 1.79. The first-order valence-corrected chi connectivity index (χ1v) is 7.16. The molecule has 1 heterocycles. The van der Waals surface area contributed by atoms with Crippen molar-refractivity contribution in [2.75, 3.05) is 30.4 Å². The SMILES string of the molecule is CCOCc1nc(NN)cc(NCCNC(=O)C2CC2)n1. The molecule has 5 N–H and O–H groups in total. The van der Waals surface area contributed by atoms with Crippen LogP contribution >= 0.6 is 0 Å². The number of ether oxygens (including phenoxy) is 1. The molecule has 0 bridgehead atoms. The summed E-state index contributed by atoms with van der Waals surface area (Å²) in [5.41, 5.74) is 2.50. The van der Waals surface area contributed by atoms with Crippen molar-refractivity contribution in [2.24, 2.45) is 11.8 Å². The van der Waals surface area contributed by atoms with Crippen molar-refractivity contribution in [3.05, 3.63) is 11.9 Å². The van der Waals surface area contributed by atoms with Crippen molar-refractivity contribution in [1.29, 1.82) is 0 Å². The van der Waals surface area contributed by atoms with Crippen LogP contribution in [0.1, 0.15) is 25.6 Å². The number of nitrogen functional groups attached to an aromatic ring is 1. The molecule has 1 amide bonds. The molecule has 21 heavy (non-hydrogen) atoms. The summed E-state index contributed by atoms with van der Waals surface area (Å²) in [5.74, 6) is 7.47. The van der Waals surface area contributed by atoms with Crippen LogP contribution in [0.25, 0.3) is 0 Å². The molecule has 0 spiro atoms. The number of aromatic nitrogens is 2. The van der Waals surface area contributed by atoms with Gasteiger partial charge in [0.15, 0.2) is 5.82 Å². The molecule has 1 aliphatic carbocycles. The number of carbonyl (C=O) groups is 1. The summed E-state index contributed by atoms with van der Waals surface area (Å²) in [7, 11) is 0. The van der Waals surface area contributed by atoms with Crippen LogP contribution < -0.4 is 21.9 Å². The van der Waals surface area contributed by atoms with Crippen LogP contribution in [0, 0.1) is 5.92 Å². The molecule has 8 nitrogen and oxygen atoms in total. The van der Waals surface area contributed by atoms with Gasteiger partial charge in [0, 0.05) is 31.7 Å². The van der Waals surface area contributed by atoms with E-state index in [2.05, 4.69) is 26.0 Å². The average Bonchev–Trinajstić information content (AvgIpc) is 3.34. The van der Waals surface area contributed by atoms with Crippen LogP contribution in [-0.2, 0) is 16.1 Å². The van der Waals surface area contributed by atoms with Gasteiger partial charge in [-0.15, -0.1) is 0 Å². The maximum absolute atomic E-state index is 11.5. The number of amides is 1. The fraction of sp³-hybridized carbons (Fsp3) is 0.615. The topological polar surface area (TPSA) is 114 Å². The lowest BCUT2D eigenvalue weighted by molar-refractivity contribution is -0.122. The minimum Gasteiger partial charge on any atom is -0.374 e. The van der Waals surface area contributed by atoms with E-state index in [0.717, 1.165) is 12.8 Å². The van der Waals surface area contributed by atoms with E-state index in [1.807, 2.05) is 6.92 Å². The summed E-state index contributed by atoms with van der Waals surface area (Å²) in [6, 6.07) is 1.71. The largest absolute Gasteiger partial charge is 0.374 e. The highest BCUT2D eigenvalue weighted by Gasteiger charge is 2.28. The molecule has 0 saturated heterocycles. The van der Waals surface area contributed by atoms with Gasteiger partial charge in [-0.05, 0) is 19.8 Å². The number of nitrogens with one attached hydrogen (secondary N) is 3. The summed E-state index contributed by atoms with van der Waals surface area (Å²) in [6.45, 7) is 3.99. The van der Waals surface area contributed by atoms with Crippen molar-refractivity contribution in [3.63, 3.8) is 0 Å². The zero-order valence-electron chi connectivity index (χ0n) is 12.2. The van der Waals surface area contributed by atoms with Gasteiger partial charge in [-0.1, -0.05) is 0 Å². The van der Waals surface area contributed by atoms with E-state index in [1.165, 1.54) is 0 Å². The van der Waals surface area contributed by atoms with Crippen LogP contribution in [0.5, 0.6) is 0 Å². The molecule has 1 fully saturated rings. The van der Waals surface area contributed by atoms with Gasteiger partial charge < -0.3 is 20.8 Å². The van der Waals surface area contributed by atoms with E-state index in [9.17, 15) is 4.79 Å². The highest BCUT2D eigenvalue weighted by atomic mass is 16.5. The molecule has 1 aliphatic rings. The van der Waals surface area contributed by atoms with E-state index in [4.69, 9.17) is 10.6 Å². The molecule has 0 unspecified atom stereocenters. The van der Waals surface area contributed by atoms with E-state index >= 15 is 0 Å². The number of hydrogen-bond acceptors (Lipinski definition) is 7. The Morgan fingerprint density at radius 2 is 2.14 bits per heavy atom. The Balaban J connectivity index is 1.81. The average molecular weight is 294 g/mol. The Morgan fingerprint density at radius 1 is 1.38 bits per heavy atom. The third kappa shape index (κ3) is 5.16. The van der Waals surface area contributed by atoms with Gasteiger partial charge in [-0.2, -0.15) is 0 Å². The molecule has 0 aliphatic heterocycles. The van der Waals surface area contributed by atoms with Gasteiger partial charge in [-0.3, -0.25) is 4.79 Å². The third-order valence-corrected chi connectivity index (χ3v) is 3.03. The van der Waals surface area contributed by atoms with Crippen LogP contribution in [0.4, 0.5) is 11.6 Å². The zero-order chi connectivity index (χ0) is 15.1. The lowest BCUT2D eigenvalue weighted by Gasteiger charge is -2.10. The molecular formula is C13H22N6O2. The standard InChI is InChI=1S/C13H22N6O2/c1-2-21-8-12-17-10(7-11(18-12)19-14)15-5-6-16-13(20)9-3-4-9/h7,9H,2-6,8,14H2,1H3,(H,16,20)(H2,15,17,18,19). The molecule has 2 rings (SSSR count). The highest BCUT2D eigenvalue weighted by Crippen LogP contribution is 2.28. The summed E-state index contributed by atoms with van der Waals surface area (Å²) in [5, 5.41) is 6.02. The van der Waals surface area contributed by atoms with Crippen LogP contribution in [0.3, 0.4) is 0 Å². The lowest BCUT2D eigenvalue weighted by Crippen LogP contribution is -2.30. The van der Waals surface area contributed by atoms with Gasteiger partial charge in [0.1, 0.15) is 18.2 Å². The van der Waals surface area contributed by atoms with E-state index in [0.29, 0.717) is 43.8 Å². The van der Waals surface area contributed by atoms with Gasteiger partial charge in [-0.25, -0.2) is 15.8 Å². The summed E-state index contributed by atoms with van der Waals surface area (Å²) in [4.78, 5) is 20.0. The molecule has 1 saturated carbocycles. The monoisotopic (exact) mass is 294 g/mol. The summed E-state index contributed by atoms with van der Waals surface area (Å²) < 4.78 is 5.29. The van der Waals surface area contributed by atoms with Gasteiger partial charge in [0.2, 0.25) is 5.91 Å². The first-order valence-electron chi connectivity index (χ1n) is 7.16. The smallest absolute Gasteiger partial charge is 0.223 e. The summed E-state index contributed by atoms with van der Waals surface area (Å²) in [6.07, 6.45) is 2.02. The Labute approximate surface area is 123 Å². The molecular weight excluding hydrogens is 272 g/mol. The van der Waals surface area contributed by atoms with Crippen LogP contribution in [0.15, 0.2) is 6.07 Å². The fourth-order valence-corrected chi connectivity index (χ4v) is 1.79. The third-order valence-electron chi connectivity index (χ3n) is 3.03. The first kappa shape index (κ1) is 15.5. The van der Waals surface area contributed by atoms with E-state index in [1.54, 1.807) is 6.07 Å². The van der Waals surface area contributed by atoms with Crippen molar-refractivity contribution < 1.29 is 9.53 Å².